The van der Waals surface area contributed by atoms with E-state index < -0.39 is 17.3 Å². The molecule has 2 unspecified atom stereocenters. The van der Waals surface area contributed by atoms with Crippen molar-refractivity contribution in [2.24, 2.45) is 11.8 Å². The van der Waals surface area contributed by atoms with E-state index in [2.05, 4.69) is 26.0 Å². The molecule has 2 atom stereocenters. The van der Waals surface area contributed by atoms with Crippen molar-refractivity contribution in [3.63, 3.8) is 0 Å². The molecule has 1 heterocycles. The monoisotopic (exact) mass is 355 g/mol. The molecule has 17 heavy (non-hydrogen) atoms. The summed E-state index contributed by atoms with van der Waals surface area (Å²) in [5, 5.41) is 10.6. The summed E-state index contributed by atoms with van der Waals surface area (Å²) < 4.78 is 28.5. The predicted molar refractivity (Wildman–Crippen MR) is 70.8 cm³/mol. The molecule has 1 N–H and O–H groups in total. The summed E-state index contributed by atoms with van der Waals surface area (Å²) in [6.45, 7) is 3.38. The summed E-state index contributed by atoms with van der Waals surface area (Å²) in [6, 6.07) is 0. The van der Waals surface area contributed by atoms with Gasteiger partial charge in [-0.3, -0.25) is 0 Å². The zero-order chi connectivity index (χ0) is 12.6. The van der Waals surface area contributed by atoms with Gasteiger partial charge in [0.05, 0.1) is 5.60 Å². The van der Waals surface area contributed by atoms with Gasteiger partial charge in [0.2, 0.25) is 0 Å². The maximum absolute atomic E-state index is 13.3. The van der Waals surface area contributed by atoms with Crippen molar-refractivity contribution in [1.29, 1.82) is 0 Å². The number of halogens is 3. The Balaban J connectivity index is 2.17. The first kappa shape index (κ1) is 13.4. The van der Waals surface area contributed by atoms with Crippen molar-refractivity contribution < 1.29 is 13.9 Å². The fourth-order valence-electron chi connectivity index (χ4n) is 2.65. The molecule has 5 heteroatoms. The first-order valence-corrected chi connectivity index (χ1v) is 6.77. The van der Waals surface area contributed by atoms with E-state index in [0.29, 0.717) is 12.8 Å². The van der Waals surface area contributed by atoms with E-state index in [4.69, 9.17) is 0 Å². The summed E-state index contributed by atoms with van der Waals surface area (Å²) in [5.74, 6) is -2.13. The van der Waals surface area contributed by atoms with Crippen LogP contribution >= 0.6 is 22.9 Å². The van der Waals surface area contributed by atoms with Crippen LogP contribution in [-0.2, 0) is 0 Å². The first-order valence-electron chi connectivity index (χ1n) is 5.80. The van der Waals surface area contributed by atoms with Crippen molar-refractivity contribution in [2.75, 3.05) is 13.1 Å². The molecule has 0 amide bonds. The SMILES string of the molecule is CC1C=C(F)C(F)=CC1C1(O)CCN(I)CC1. The number of piperidine rings is 1. The summed E-state index contributed by atoms with van der Waals surface area (Å²) in [4.78, 5) is 0. The van der Waals surface area contributed by atoms with E-state index in [1.165, 1.54) is 12.2 Å². The van der Waals surface area contributed by atoms with Crippen LogP contribution in [0, 0.1) is 11.8 Å². The molecule has 0 aromatic carbocycles. The van der Waals surface area contributed by atoms with Gasteiger partial charge in [-0.15, -0.1) is 0 Å². The predicted octanol–water partition coefficient (Wildman–Crippen LogP) is 3.14. The highest BCUT2D eigenvalue weighted by Gasteiger charge is 2.42. The van der Waals surface area contributed by atoms with Crippen molar-refractivity contribution in [3.8, 4) is 0 Å². The van der Waals surface area contributed by atoms with Crippen LogP contribution < -0.4 is 0 Å². The summed E-state index contributed by atoms with van der Waals surface area (Å²) >= 11 is 2.22. The minimum absolute atomic E-state index is 0.166. The maximum atomic E-state index is 13.3. The van der Waals surface area contributed by atoms with Crippen molar-refractivity contribution in [1.82, 2.24) is 3.11 Å². The van der Waals surface area contributed by atoms with Crippen LogP contribution in [0.1, 0.15) is 19.8 Å². The van der Waals surface area contributed by atoms with Gasteiger partial charge in [0.25, 0.3) is 0 Å². The molecule has 2 aliphatic rings. The van der Waals surface area contributed by atoms with Gasteiger partial charge < -0.3 is 5.11 Å². The molecule has 0 aromatic rings. The Morgan fingerprint density at radius 1 is 1.29 bits per heavy atom. The summed E-state index contributed by atoms with van der Waals surface area (Å²) in [6.07, 6.45) is 3.73. The molecule has 1 saturated heterocycles. The third kappa shape index (κ3) is 2.71. The number of rotatable bonds is 1. The number of hydrogen-bond acceptors (Lipinski definition) is 2. The lowest BCUT2D eigenvalue weighted by Crippen LogP contribution is -2.48. The van der Waals surface area contributed by atoms with E-state index in [1.807, 2.05) is 6.92 Å². The fraction of sp³-hybridized carbons (Fsp3) is 0.667. The average molecular weight is 355 g/mol. The van der Waals surface area contributed by atoms with Crippen molar-refractivity contribution in [3.05, 3.63) is 23.8 Å². The fourth-order valence-corrected chi connectivity index (χ4v) is 3.13. The highest BCUT2D eigenvalue weighted by molar-refractivity contribution is 14.1. The highest BCUT2D eigenvalue weighted by atomic mass is 127. The minimum Gasteiger partial charge on any atom is -0.389 e. The zero-order valence-corrected chi connectivity index (χ0v) is 11.8. The van der Waals surface area contributed by atoms with Gasteiger partial charge in [-0.25, -0.2) is 11.9 Å². The quantitative estimate of drug-likeness (QED) is 0.577. The van der Waals surface area contributed by atoms with Crippen molar-refractivity contribution >= 4 is 22.9 Å². The number of allylic oxidation sites excluding steroid dienone is 3. The van der Waals surface area contributed by atoms with Crippen LogP contribution in [0.4, 0.5) is 8.78 Å². The van der Waals surface area contributed by atoms with Crippen LogP contribution in [0.2, 0.25) is 0 Å². The number of aliphatic hydroxyl groups is 1. The van der Waals surface area contributed by atoms with Crippen LogP contribution in [0.5, 0.6) is 0 Å². The standard InChI is InChI=1S/C12H16F2INO/c1-8-6-10(13)11(14)7-9(8)12(17)2-4-16(15)5-3-12/h6-9,17H,2-5H2,1H3. The number of hydrogen-bond donors (Lipinski definition) is 1. The topological polar surface area (TPSA) is 23.5 Å². The second-order valence-electron chi connectivity index (χ2n) is 4.93. The van der Waals surface area contributed by atoms with Gasteiger partial charge in [0.1, 0.15) is 0 Å². The number of nitrogens with zero attached hydrogens (tertiary/aromatic N) is 1. The third-order valence-corrected chi connectivity index (χ3v) is 4.69. The van der Waals surface area contributed by atoms with Crippen LogP contribution in [0.3, 0.4) is 0 Å². The molecule has 0 saturated carbocycles. The second-order valence-corrected chi connectivity index (χ2v) is 6.29. The second kappa shape index (κ2) is 4.93. The maximum Gasteiger partial charge on any atom is 0.154 e. The van der Waals surface area contributed by atoms with Crippen molar-refractivity contribution in [2.45, 2.75) is 25.4 Å². The highest BCUT2D eigenvalue weighted by Crippen LogP contribution is 2.41. The molecule has 2 rings (SSSR count). The van der Waals surface area contributed by atoms with E-state index in [0.717, 1.165) is 13.1 Å². The van der Waals surface area contributed by atoms with Gasteiger partial charge in [0, 0.05) is 41.9 Å². The Kier molecular flexibility index (Phi) is 3.89. The van der Waals surface area contributed by atoms with Crippen LogP contribution in [0.25, 0.3) is 0 Å². The molecular formula is C12H16F2INO. The minimum atomic E-state index is -0.907. The van der Waals surface area contributed by atoms with E-state index >= 15 is 0 Å². The molecule has 1 aliphatic heterocycles. The Labute approximate surface area is 114 Å². The third-order valence-electron chi connectivity index (χ3n) is 3.72. The molecule has 2 nitrogen and oxygen atoms in total. The first-order chi connectivity index (χ1) is 7.92. The Morgan fingerprint density at radius 2 is 1.82 bits per heavy atom. The van der Waals surface area contributed by atoms with Crippen LogP contribution in [0.15, 0.2) is 23.8 Å². The van der Waals surface area contributed by atoms with E-state index in [9.17, 15) is 13.9 Å². The summed E-state index contributed by atoms with van der Waals surface area (Å²) in [7, 11) is 0. The Morgan fingerprint density at radius 3 is 2.41 bits per heavy atom. The lowest BCUT2D eigenvalue weighted by Gasteiger charge is -2.42. The lowest BCUT2D eigenvalue weighted by molar-refractivity contribution is -0.0483. The van der Waals surface area contributed by atoms with Gasteiger partial charge in [-0.2, -0.15) is 0 Å². The van der Waals surface area contributed by atoms with Gasteiger partial charge in [0.15, 0.2) is 11.7 Å². The zero-order valence-electron chi connectivity index (χ0n) is 9.67. The molecule has 1 aliphatic carbocycles. The Bertz CT molecular complexity index is 362. The smallest absolute Gasteiger partial charge is 0.154 e. The largest absolute Gasteiger partial charge is 0.389 e. The van der Waals surface area contributed by atoms with Gasteiger partial charge in [-0.05, 0) is 30.9 Å². The molecular weight excluding hydrogens is 339 g/mol. The normalized spacial score (nSPS) is 34.2. The van der Waals surface area contributed by atoms with E-state index in [1.54, 1.807) is 0 Å². The van der Waals surface area contributed by atoms with Gasteiger partial charge >= 0.3 is 0 Å². The Hall–Kier alpha value is -0.0100. The summed E-state index contributed by atoms with van der Waals surface area (Å²) in [5.41, 5.74) is -0.907. The molecule has 0 spiro atoms. The molecule has 0 bridgehead atoms. The van der Waals surface area contributed by atoms with E-state index in [-0.39, 0.29) is 11.8 Å². The van der Waals surface area contributed by atoms with Crippen LogP contribution in [-0.4, -0.2) is 26.9 Å². The van der Waals surface area contributed by atoms with Gasteiger partial charge in [-0.1, -0.05) is 6.92 Å². The molecule has 0 aromatic heterocycles. The average Bonchev–Trinajstić information content (AvgIpc) is 2.28. The molecule has 96 valence electrons. The molecule has 0 radical (unpaired) electrons. The lowest BCUT2D eigenvalue weighted by atomic mass is 9.72. The molecule has 1 fully saturated rings.